The van der Waals surface area contributed by atoms with Crippen molar-refractivity contribution in [2.24, 2.45) is 5.92 Å². The number of hydrogen-bond acceptors (Lipinski definition) is 4. The van der Waals surface area contributed by atoms with Crippen molar-refractivity contribution in [1.82, 2.24) is 13.9 Å². The van der Waals surface area contributed by atoms with E-state index in [0.717, 1.165) is 18.7 Å². The molecule has 2 aliphatic heterocycles. The minimum absolute atomic E-state index is 0.273. The molecule has 0 radical (unpaired) electrons. The van der Waals surface area contributed by atoms with Crippen LogP contribution in [-0.2, 0) is 10.0 Å². The summed E-state index contributed by atoms with van der Waals surface area (Å²) in [5, 5.41) is 0. The summed E-state index contributed by atoms with van der Waals surface area (Å²) in [5.41, 5.74) is 2.39. The molecule has 154 valence electrons. The summed E-state index contributed by atoms with van der Waals surface area (Å²) in [6.45, 7) is 5.51. The fraction of sp³-hybridized carbons (Fsp3) is 0.600. The van der Waals surface area contributed by atoms with Crippen molar-refractivity contribution in [3.8, 4) is 0 Å². The Labute approximate surface area is 175 Å². The van der Waals surface area contributed by atoms with E-state index in [4.69, 9.17) is 0 Å². The van der Waals surface area contributed by atoms with Crippen molar-refractivity contribution >= 4 is 35.4 Å². The molecule has 5 nitrogen and oxygen atoms in total. The molecule has 0 spiro atoms. The van der Waals surface area contributed by atoms with Crippen LogP contribution >= 0.6 is 0 Å². The minimum atomic E-state index is -3.45. The maximum atomic E-state index is 13.3. The second-order valence-corrected chi connectivity index (χ2v) is 27.4. The van der Waals surface area contributed by atoms with Gasteiger partial charge in [-0.1, -0.05) is 0 Å². The molecule has 2 saturated heterocycles. The van der Waals surface area contributed by atoms with Gasteiger partial charge in [0.1, 0.15) is 0 Å². The molecular weight excluding hydrogens is 476 g/mol. The third kappa shape index (κ3) is 5.03. The molecule has 0 bridgehead atoms. The normalized spacial score (nSPS) is 24.6. The molecule has 28 heavy (non-hydrogen) atoms. The standard InChI is InChI=1S/C17H25BN3O2S.3CH3.Sn/c1-14-5-7-17(8-6-14)24(22,23)21-12-15(2)16(13-21)11-18-19(3)9-10-20(18)4;;;;/h5-8,11,15H,2,9-10,12-13H2,1,3-4H3;3*1H3;. The van der Waals surface area contributed by atoms with Crippen LogP contribution in [0.5, 0.6) is 0 Å². The first kappa shape index (κ1) is 22.3. The maximum absolute atomic E-state index is 13.3. The van der Waals surface area contributed by atoms with Crippen molar-refractivity contribution in [2.45, 2.75) is 31.1 Å². The van der Waals surface area contributed by atoms with Crippen LogP contribution in [0.3, 0.4) is 0 Å². The van der Waals surface area contributed by atoms with Gasteiger partial charge in [-0.25, -0.2) is 0 Å². The van der Waals surface area contributed by atoms with Crippen LogP contribution in [-0.4, -0.2) is 88.0 Å². The van der Waals surface area contributed by atoms with E-state index < -0.39 is 28.4 Å². The van der Waals surface area contributed by atoms with Crippen molar-refractivity contribution < 1.29 is 8.42 Å². The molecule has 1 unspecified atom stereocenters. The van der Waals surface area contributed by atoms with Crippen LogP contribution in [0.25, 0.3) is 0 Å². The molecule has 0 saturated carbocycles. The van der Waals surface area contributed by atoms with Gasteiger partial charge >= 0.3 is 176 Å². The molecule has 0 aliphatic carbocycles. The van der Waals surface area contributed by atoms with Gasteiger partial charge in [0.15, 0.2) is 0 Å². The quantitative estimate of drug-likeness (QED) is 0.573. The number of sulfonamides is 1. The predicted molar refractivity (Wildman–Crippen MR) is 121 cm³/mol. The van der Waals surface area contributed by atoms with Gasteiger partial charge in [-0.2, -0.15) is 0 Å². The van der Waals surface area contributed by atoms with Crippen molar-refractivity contribution in [3.63, 3.8) is 0 Å². The second-order valence-electron chi connectivity index (χ2n) is 9.69. The fourth-order valence-corrected chi connectivity index (χ4v) is 11.1. The Balaban J connectivity index is 1.90. The van der Waals surface area contributed by atoms with Crippen molar-refractivity contribution in [3.05, 3.63) is 41.4 Å². The van der Waals surface area contributed by atoms with Crippen LogP contribution in [0.1, 0.15) is 5.56 Å². The van der Waals surface area contributed by atoms with Gasteiger partial charge in [0.2, 0.25) is 0 Å². The van der Waals surface area contributed by atoms with Crippen LogP contribution in [0, 0.1) is 12.8 Å². The first-order valence-corrected chi connectivity index (χ1v) is 22.2. The monoisotopic (exact) mass is 511 g/mol. The molecule has 3 rings (SSSR count). The van der Waals surface area contributed by atoms with E-state index in [0.29, 0.717) is 23.9 Å². The Hall–Kier alpha value is -0.346. The summed E-state index contributed by atoms with van der Waals surface area (Å²) in [5.74, 6) is 2.71. The molecule has 2 heterocycles. The topological polar surface area (TPSA) is 43.9 Å². The zero-order chi connectivity index (χ0) is 20.7. The Bertz CT molecular complexity index is 826. The Morgan fingerprint density at radius 3 is 2.21 bits per heavy atom. The van der Waals surface area contributed by atoms with Crippen LogP contribution in [0.15, 0.2) is 40.7 Å². The van der Waals surface area contributed by atoms with Gasteiger partial charge in [-0.05, 0) is 0 Å². The summed E-state index contributed by atoms with van der Waals surface area (Å²) >= 11 is -2.07. The summed E-state index contributed by atoms with van der Waals surface area (Å²) in [6.07, 6.45) is 0. The van der Waals surface area contributed by atoms with E-state index in [2.05, 4.69) is 44.5 Å². The van der Waals surface area contributed by atoms with E-state index in [-0.39, 0.29) is 6.98 Å². The number of aryl methyl sites for hydroxylation is 1. The third-order valence-corrected chi connectivity index (χ3v) is 12.6. The van der Waals surface area contributed by atoms with Crippen LogP contribution < -0.4 is 0 Å². The van der Waals surface area contributed by atoms with E-state index in [1.807, 2.05) is 19.1 Å². The number of hydrogen-bond donors (Lipinski definition) is 0. The average molecular weight is 510 g/mol. The molecule has 0 N–H and O–H groups in total. The zero-order valence-corrected chi connectivity index (χ0v) is 21.8. The first-order valence-electron chi connectivity index (χ1n) is 10.2. The van der Waals surface area contributed by atoms with E-state index in [1.54, 1.807) is 16.4 Å². The van der Waals surface area contributed by atoms with Gasteiger partial charge in [0.05, 0.1) is 0 Å². The van der Waals surface area contributed by atoms with Crippen molar-refractivity contribution in [1.29, 1.82) is 0 Å². The average Bonchev–Trinajstić information content (AvgIpc) is 3.12. The van der Waals surface area contributed by atoms with Crippen LogP contribution in [0.2, 0.25) is 19.3 Å². The van der Waals surface area contributed by atoms with Crippen LogP contribution in [0.4, 0.5) is 0 Å². The summed E-state index contributed by atoms with van der Waals surface area (Å²) in [6, 6.07) is 7.24. The van der Waals surface area contributed by atoms with Crippen molar-refractivity contribution in [2.75, 3.05) is 40.3 Å². The predicted octanol–water partition coefficient (Wildman–Crippen LogP) is 2.78. The number of benzene rings is 1. The van der Waals surface area contributed by atoms with Gasteiger partial charge in [-0.15, -0.1) is 0 Å². The number of rotatable bonds is 5. The summed E-state index contributed by atoms with van der Waals surface area (Å²) in [7, 11) is 0.855. The Morgan fingerprint density at radius 2 is 1.68 bits per heavy atom. The molecule has 1 atom stereocenters. The third-order valence-electron chi connectivity index (χ3n) is 5.90. The summed E-state index contributed by atoms with van der Waals surface area (Å²) in [4.78, 5) is 12.4. The zero-order valence-electron chi connectivity index (χ0n) is 18.1. The van der Waals surface area contributed by atoms with E-state index in [1.165, 1.54) is 10.0 Å². The van der Waals surface area contributed by atoms with Gasteiger partial charge in [0.25, 0.3) is 0 Å². The molecular formula is C20H34BN3O2SSn. The van der Waals surface area contributed by atoms with Gasteiger partial charge in [0, 0.05) is 0 Å². The number of likely N-dealkylation sites (N-methyl/N-ethyl adjacent to an activating group) is 2. The first-order chi connectivity index (χ1) is 13.0. The Kier molecular flexibility index (Phi) is 6.72. The van der Waals surface area contributed by atoms with E-state index in [9.17, 15) is 8.42 Å². The molecule has 0 amide bonds. The summed E-state index contributed by atoms with van der Waals surface area (Å²) < 4.78 is 29.4. The fourth-order valence-electron chi connectivity index (χ4n) is 4.29. The number of nitrogens with zero attached hydrogens (tertiary/aromatic N) is 3. The molecule has 2 fully saturated rings. The van der Waals surface area contributed by atoms with E-state index >= 15 is 0 Å². The van der Waals surface area contributed by atoms with Gasteiger partial charge < -0.3 is 0 Å². The molecule has 0 aromatic heterocycles. The second kappa shape index (κ2) is 8.42. The Morgan fingerprint density at radius 1 is 1.11 bits per heavy atom. The molecule has 1 aromatic carbocycles. The van der Waals surface area contributed by atoms with Gasteiger partial charge in [-0.3, -0.25) is 0 Å². The molecule has 8 heteroatoms. The SMILES string of the molecule is Cc1ccc(S(=O)(=O)N2CC(=CB3N(C)CCN3C)C([CH2][Sn]([CH3])([CH3])[CH3])C2)cc1. The molecule has 2 aliphatic rings. The molecule has 1 aromatic rings.